The van der Waals surface area contributed by atoms with Crippen molar-refractivity contribution in [1.82, 2.24) is 0 Å². The Hall–Kier alpha value is -2.48. The fourth-order valence-electron chi connectivity index (χ4n) is 3.45. The van der Waals surface area contributed by atoms with Gasteiger partial charge in [0.05, 0.1) is 11.1 Å². The van der Waals surface area contributed by atoms with Crippen LogP contribution in [0.5, 0.6) is 0 Å². The maximum Gasteiger partial charge on any atom is 0.215 e. The Bertz CT molecular complexity index is 769. The van der Waals surface area contributed by atoms with Crippen molar-refractivity contribution >= 4 is 0 Å². The molecule has 23 heavy (non-hydrogen) atoms. The number of benzene rings is 1. The van der Waals surface area contributed by atoms with Crippen LogP contribution in [0.25, 0.3) is 22.5 Å². The van der Waals surface area contributed by atoms with E-state index in [9.17, 15) is 0 Å². The summed E-state index contributed by atoms with van der Waals surface area (Å²) in [5.74, 6) is 0. The molecule has 116 valence electrons. The molecule has 0 aliphatic rings. The molecule has 0 aliphatic carbocycles. The Morgan fingerprint density at radius 1 is 0.609 bits per heavy atom. The first-order valence-corrected chi connectivity index (χ1v) is 8.01. The van der Waals surface area contributed by atoms with E-state index in [4.69, 9.17) is 0 Å². The number of rotatable bonds is 2. The highest BCUT2D eigenvalue weighted by Crippen LogP contribution is 2.31. The molecule has 0 bridgehead atoms. The number of hydrogen-bond donors (Lipinski definition) is 0. The maximum absolute atomic E-state index is 2.23. The third-order valence-electron chi connectivity index (χ3n) is 4.61. The van der Waals surface area contributed by atoms with Crippen LogP contribution in [0.2, 0.25) is 0 Å². The van der Waals surface area contributed by atoms with E-state index in [0.717, 1.165) is 0 Å². The molecule has 3 aromatic rings. The van der Waals surface area contributed by atoms with E-state index < -0.39 is 0 Å². The Kier molecular flexibility index (Phi) is 3.99. The number of aromatic nitrogens is 2. The number of hydrogen-bond acceptors (Lipinski definition) is 0. The van der Waals surface area contributed by atoms with Crippen molar-refractivity contribution in [2.75, 3.05) is 0 Å². The molecule has 0 unspecified atom stereocenters. The molecule has 1 aromatic carbocycles. The lowest BCUT2D eigenvalue weighted by atomic mass is 9.94. The summed E-state index contributed by atoms with van der Waals surface area (Å²) in [6.07, 6.45) is 4.23. The summed E-state index contributed by atoms with van der Waals surface area (Å²) in [5, 5.41) is 0. The smallest absolute Gasteiger partial charge is 0.201 e. The summed E-state index contributed by atoms with van der Waals surface area (Å²) < 4.78 is 4.42. The first kappa shape index (κ1) is 15.4. The van der Waals surface area contributed by atoms with Gasteiger partial charge in [0.15, 0.2) is 12.4 Å². The lowest BCUT2D eigenvalue weighted by molar-refractivity contribution is -0.661. The zero-order valence-electron chi connectivity index (χ0n) is 14.6. The molecule has 0 aliphatic heterocycles. The Labute approximate surface area is 138 Å². The first-order chi connectivity index (χ1) is 11.0. The van der Waals surface area contributed by atoms with Crippen LogP contribution in [0.1, 0.15) is 16.7 Å². The quantitative estimate of drug-likeness (QED) is 0.639. The van der Waals surface area contributed by atoms with Crippen LogP contribution in [0.3, 0.4) is 0 Å². The molecular weight excluding hydrogens is 280 g/mol. The van der Waals surface area contributed by atoms with Crippen LogP contribution < -0.4 is 9.13 Å². The molecule has 0 saturated carbocycles. The van der Waals surface area contributed by atoms with Gasteiger partial charge in [0.2, 0.25) is 11.4 Å². The lowest BCUT2D eigenvalue weighted by Gasteiger charge is -2.11. The summed E-state index contributed by atoms with van der Waals surface area (Å²) >= 11 is 0. The van der Waals surface area contributed by atoms with Gasteiger partial charge >= 0.3 is 0 Å². The van der Waals surface area contributed by atoms with Crippen LogP contribution >= 0.6 is 0 Å². The van der Waals surface area contributed by atoms with Gasteiger partial charge < -0.3 is 0 Å². The topological polar surface area (TPSA) is 7.76 Å². The van der Waals surface area contributed by atoms with Crippen molar-refractivity contribution in [3.63, 3.8) is 0 Å². The predicted molar refractivity (Wildman–Crippen MR) is 93.9 cm³/mol. The zero-order chi connectivity index (χ0) is 16.6. The average molecular weight is 304 g/mol. The van der Waals surface area contributed by atoms with Gasteiger partial charge in [-0.05, 0) is 50.6 Å². The Balaban J connectivity index is 2.29. The fourth-order valence-corrected chi connectivity index (χ4v) is 3.45. The lowest BCUT2D eigenvalue weighted by Crippen LogP contribution is -2.32. The minimum Gasteiger partial charge on any atom is -0.201 e. The summed E-state index contributed by atoms with van der Waals surface area (Å²) in [4.78, 5) is 0. The van der Waals surface area contributed by atoms with Crippen LogP contribution in [0.15, 0.2) is 54.9 Å². The number of aryl methyl sites for hydroxylation is 4. The van der Waals surface area contributed by atoms with E-state index in [0.29, 0.717) is 0 Å². The fraction of sp³-hybridized carbons (Fsp3) is 0.238. The molecule has 2 heterocycles. The molecule has 0 N–H and O–H groups in total. The molecule has 0 fully saturated rings. The molecular formula is C21H24N2+2. The molecule has 0 saturated heterocycles. The second kappa shape index (κ2) is 5.96. The number of nitrogens with zero attached hydrogens (tertiary/aromatic N) is 2. The van der Waals surface area contributed by atoms with Gasteiger partial charge in [0.25, 0.3) is 0 Å². The second-order valence-electron chi connectivity index (χ2n) is 6.28. The average Bonchev–Trinajstić information content (AvgIpc) is 2.50. The van der Waals surface area contributed by atoms with Gasteiger partial charge in [-0.3, -0.25) is 0 Å². The van der Waals surface area contributed by atoms with Gasteiger partial charge in [-0.15, -0.1) is 0 Å². The SMILES string of the molecule is Cc1ccc[n+](C)c1-c1cccc(-c2c(C)ccc[n+]2C)c1C. The van der Waals surface area contributed by atoms with E-state index in [1.165, 1.54) is 39.2 Å². The van der Waals surface area contributed by atoms with Crippen molar-refractivity contribution in [2.24, 2.45) is 14.1 Å². The minimum absolute atomic E-state index is 1.28. The standard InChI is InChI=1S/C21H24N2/c1-15-9-7-13-22(4)20(15)18-11-6-12-19(17(18)3)21-16(2)10-8-14-23(21)5/h6-14H,1-5H3/q+2. The summed E-state index contributed by atoms with van der Waals surface area (Å²) in [7, 11) is 4.23. The highest BCUT2D eigenvalue weighted by atomic mass is 14.9. The van der Waals surface area contributed by atoms with Gasteiger partial charge in [-0.25, -0.2) is 9.13 Å². The van der Waals surface area contributed by atoms with E-state index in [1.807, 2.05) is 0 Å². The zero-order valence-corrected chi connectivity index (χ0v) is 14.6. The van der Waals surface area contributed by atoms with Crippen molar-refractivity contribution in [3.05, 3.63) is 71.5 Å². The Morgan fingerprint density at radius 3 is 1.43 bits per heavy atom. The van der Waals surface area contributed by atoms with Crippen LogP contribution in [0.4, 0.5) is 0 Å². The largest absolute Gasteiger partial charge is 0.215 e. The van der Waals surface area contributed by atoms with Crippen molar-refractivity contribution in [1.29, 1.82) is 0 Å². The normalized spacial score (nSPS) is 10.8. The van der Waals surface area contributed by atoms with Gasteiger partial charge in [-0.2, -0.15) is 0 Å². The first-order valence-electron chi connectivity index (χ1n) is 8.01. The molecule has 2 aromatic heterocycles. The number of pyridine rings is 2. The molecule has 3 rings (SSSR count). The van der Waals surface area contributed by atoms with Crippen LogP contribution in [-0.4, -0.2) is 0 Å². The third-order valence-corrected chi connectivity index (χ3v) is 4.61. The summed E-state index contributed by atoms with van der Waals surface area (Å²) in [5.41, 5.74) is 9.07. The van der Waals surface area contributed by atoms with Crippen molar-refractivity contribution < 1.29 is 9.13 Å². The summed E-state index contributed by atoms with van der Waals surface area (Å²) in [6, 6.07) is 15.2. The molecule has 0 atom stereocenters. The second-order valence-corrected chi connectivity index (χ2v) is 6.28. The molecule has 2 heteroatoms. The van der Waals surface area contributed by atoms with E-state index in [-0.39, 0.29) is 0 Å². The van der Waals surface area contributed by atoms with Crippen molar-refractivity contribution in [2.45, 2.75) is 20.8 Å². The molecule has 0 radical (unpaired) electrons. The van der Waals surface area contributed by atoms with E-state index in [2.05, 4.69) is 98.9 Å². The monoisotopic (exact) mass is 304 g/mol. The Morgan fingerprint density at radius 2 is 1.04 bits per heavy atom. The summed E-state index contributed by atoms with van der Waals surface area (Å²) in [6.45, 7) is 6.58. The highest BCUT2D eigenvalue weighted by molar-refractivity contribution is 5.75. The molecule has 0 amide bonds. The molecule has 2 nitrogen and oxygen atoms in total. The van der Waals surface area contributed by atoms with Gasteiger partial charge in [-0.1, -0.05) is 6.07 Å². The van der Waals surface area contributed by atoms with Gasteiger partial charge in [0.1, 0.15) is 14.1 Å². The van der Waals surface area contributed by atoms with Crippen LogP contribution in [-0.2, 0) is 14.1 Å². The van der Waals surface area contributed by atoms with Crippen molar-refractivity contribution in [3.8, 4) is 22.5 Å². The van der Waals surface area contributed by atoms with Gasteiger partial charge in [0, 0.05) is 23.3 Å². The van der Waals surface area contributed by atoms with E-state index in [1.54, 1.807) is 0 Å². The third kappa shape index (κ3) is 2.65. The predicted octanol–water partition coefficient (Wildman–Crippen LogP) is 3.59. The van der Waals surface area contributed by atoms with Crippen LogP contribution in [0, 0.1) is 20.8 Å². The minimum atomic E-state index is 1.28. The van der Waals surface area contributed by atoms with E-state index >= 15 is 0 Å². The highest BCUT2D eigenvalue weighted by Gasteiger charge is 2.21. The molecule has 0 spiro atoms. The maximum atomic E-state index is 2.23.